The van der Waals surface area contributed by atoms with Crippen LogP contribution in [0.15, 0.2) is 36.5 Å². The molecule has 10 nitrogen and oxygen atoms in total. The summed E-state index contributed by atoms with van der Waals surface area (Å²) in [4.78, 5) is 30.1. The number of carbonyl (C=O) groups excluding carboxylic acids is 1. The molecule has 0 spiro atoms. The molecule has 2 heterocycles. The Balaban J connectivity index is 1.68. The lowest BCUT2D eigenvalue weighted by Crippen LogP contribution is -2.45. The Hall–Kier alpha value is -3.24. The number of methoxy groups -OCH3 is 1. The van der Waals surface area contributed by atoms with Crippen molar-refractivity contribution >= 4 is 28.8 Å². The summed E-state index contributed by atoms with van der Waals surface area (Å²) in [7, 11) is 1.55. The van der Waals surface area contributed by atoms with E-state index >= 15 is 0 Å². The van der Waals surface area contributed by atoms with Crippen LogP contribution in [-0.2, 0) is 9.47 Å². The van der Waals surface area contributed by atoms with E-state index in [9.17, 15) is 14.9 Å². The monoisotopic (exact) mass is 429 g/mol. The van der Waals surface area contributed by atoms with E-state index < -0.39 is 10.8 Å². The zero-order chi connectivity index (χ0) is 22.4. The Morgan fingerprint density at radius 1 is 1.29 bits per heavy atom. The number of nitrogens with one attached hydrogen (secondary N) is 2. The van der Waals surface area contributed by atoms with E-state index in [0.717, 1.165) is 18.9 Å². The summed E-state index contributed by atoms with van der Waals surface area (Å²) in [5.41, 5.74) is 0.850. The molecule has 2 unspecified atom stereocenters. The summed E-state index contributed by atoms with van der Waals surface area (Å²) in [5, 5.41) is 17.1. The maximum absolute atomic E-state index is 12.6. The number of amides is 1. The minimum Gasteiger partial charge on any atom is -0.383 e. The van der Waals surface area contributed by atoms with Crippen LogP contribution < -0.4 is 15.5 Å². The van der Waals surface area contributed by atoms with Crippen LogP contribution >= 0.6 is 0 Å². The van der Waals surface area contributed by atoms with Gasteiger partial charge in [0, 0.05) is 38.4 Å². The van der Waals surface area contributed by atoms with Crippen molar-refractivity contribution in [3.8, 4) is 0 Å². The second-order valence-corrected chi connectivity index (χ2v) is 7.43. The maximum Gasteiger partial charge on any atom is 0.293 e. The van der Waals surface area contributed by atoms with Gasteiger partial charge in [-0.3, -0.25) is 14.9 Å². The number of aromatic nitrogens is 1. The van der Waals surface area contributed by atoms with Crippen LogP contribution in [0.25, 0.3) is 0 Å². The van der Waals surface area contributed by atoms with Gasteiger partial charge < -0.3 is 25.0 Å². The molecule has 1 aromatic heterocycles. The third-order valence-corrected chi connectivity index (χ3v) is 4.83. The maximum atomic E-state index is 12.6. The van der Waals surface area contributed by atoms with E-state index in [1.807, 2.05) is 19.9 Å². The number of hydrogen-bond donors (Lipinski definition) is 2. The molecule has 0 aliphatic carbocycles. The Morgan fingerprint density at radius 3 is 2.65 bits per heavy atom. The lowest BCUT2D eigenvalue weighted by atomic mass is 10.1. The molecule has 2 aromatic rings. The van der Waals surface area contributed by atoms with Gasteiger partial charge in [0.2, 0.25) is 0 Å². The summed E-state index contributed by atoms with van der Waals surface area (Å²) < 4.78 is 10.7. The normalized spacial score (nSPS) is 18.5. The van der Waals surface area contributed by atoms with Gasteiger partial charge in [-0.15, -0.1) is 0 Å². The molecule has 1 aromatic carbocycles. The predicted molar refractivity (Wildman–Crippen MR) is 118 cm³/mol. The van der Waals surface area contributed by atoms with Gasteiger partial charge in [0.05, 0.1) is 35.6 Å². The van der Waals surface area contributed by atoms with Crippen molar-refractivity contribution in [2.24, 2.45) is 0 Å². The summed E-state index contributed by atoms with van der Waals surface area (Å²) in [6.07, 6.45) is 1.81. The third kappa shape index (κ3) is 5.89. The SMILES string of the molecule is COCCNc1ccc(C(=O)Nc2ccc(N3CC(C)OC(C)C3)nc2)cc1[N+](=O)[O-]. The predicted octanol–water partition coefficient (Wildman–Crippen LogP) is 2.91. The number of morpholine rings is 1. The van der Waals surface area contributed by atoms with E-state index in [0.29, 0.717) is 24.5 Å². The fourth-order valence-electron chi connectivity index (χ4n) is 3.48. The fraction of sp³-hybridized carbons (Fsp3) is 0.429. The number of benzene rings is 1. The summed E-state index contributed by atoms with van der Waals surface area (Å²) in [6.45, 7) is 6.37. The van der Waals surface area contributed by atoms with Gasteiger partial charge in [0.1, 0.15) is 11.5 Å². The summed E-state index contributed by atoms with van der Waals surface area (Å²) in [5.74, 6) is 0.358. The Kier molecular flexibility index (Phi) is 7.37. The number of hydrogen-bond acceptors (Lipinski definition) is 8. The zero-order valence-electron chi connectivity index (χ0n) is 17.8. The van der Waals surface area contributed by atoms with Crippen molar-refractivity contribution in [3.63, 3.8) is 0 Å². The Bertz CT molecular complexity index is 911. The molecule has 0 bridgehead atoms. The Labute approximate surface area is 180 Å². The van der Waals surface area contributed by atoms with Gasteiger partial charge in [0.25, 0.3) is 11.6 Å². The number of rotatable bonds is 8. The molecule has 31 heavy (non-hydrogen) atoms. The van der Waals surface area contributed by atoms with Crippen molar-refractivity contribution in [2.75, 3.05) is 48.9 Å². The smallest absolute Gasteiger partial charge is 0.293 e. The molecule has 0 saturated carbocycles. The van der Waals surface area contributed by atoms with Crippen LogP contribution in [0.1, 0.15) is 24.2 Å². The highest BCUT2D eigenvalue weighted by atomic mass is 16.6. The molecule has 3 rings (SSSR count). The van der Waals surface area contributed by atoms with Crippen LogP contribution in [0.2, 0.25) is 0 Å². The van der Waals surface area contributed by atoms with E-state index in [4.69, 9.17) is 9.47 Å². The molecule has 2 N–H and O–H groups in total. The average molecular weight is 429 g/mol. The number of nitro benzene ring substituents is 1. The van der Waals surface area contributed by atoms with Gasteiger partial charge in [-0.25, -0.2) is 4.98 Å². The highest BCUT2D eigenvalue weighted by Gasteiger charge is 2.23. The molecule has 1 amide bonds. The molecule has 166 valence electrons. The second-order valence-electron chi connectivity index (χ2n) is 7.43. The van der Waals surface area contributed by atoms with Crippen molar-refractivity contribution in [2.45, 2.75) is 26.1 Å². The minimum absolute atomic E-state index is 0.118. The molecule has 1 fully saturated rings. The third-order valence-electron chi connectivity index (χ3n) is 4.83. The largest absolute Gasteiger partial charge is 0.383 e. The van der Waals surface area contributed by atoms with Gasteiger partial charge >= 0.3 is 0 Å². The van der Waals surface area contributed by atoms with Crippen LogP contribution in [0.3, 0.4) is 0 Å². The first-order valence-electron chi connectivity index (χ1n) is 10.1. The number of anilines is 3. The lowest BCUT2D eigenvalue weighted by molar-refractivity contribution is -0.384. The van der Waals surface area contributed by atoms with Gasteiger partial charge in [-0.1, -0.05) is 0 Å². The van der Waals surface area contributed by atoms with Crippen molar-refractivity contribution in [3.05, 3.63) is 52.2 Å². The molecular formula is C21H27N5O5. The molecule has 1 aliphatic heterocycles. The topological polar surface area (TPSA) is 119 Å². The number of nitro groups is 1. The van der Waals surface area contributed by atoms with E-state index in [2.05, 4.69) is 20.5 Å². The summed E-state index contributed by atoms with van der Waals surface area (Å²) >= 11 is 0. The quantitative estimate of drug-likeness (QED) is 0.373. The molecule has 10 heteroatoms. The fourth-order valence-corrected chi connectivity index (χ4v) is 3.48. The van der Waals surface area contributed by atoms with Crippen LogP contribution in [-0.4, -0.2) is 61.4 Å². The van der Waals surface area contributed by atoms with Crippen molar-refractivity contribution in [1.29, 1.82) is 0 Å². The summed E-state index contributed by atoms with van der Waals surface area (Å²) in [6, 6.07) is 7.91. The number of ether oxygens (including phenoxy) is 2. The molecular weight excluding hydrogens is 402 g/mol. The first-order chi connectivity index (χ1) is 14.9. The molecule has 1 saturated heterocycles. The van der Waals surface area contributed by atoms with Crippen molar-refractivity contribution < 1.29 is 19.2 Å². The minimum atomic E-state index is -0.521. The first-order valence-corrected chi connectivity index (χ1v) is 10.1. The number of carbonyl (C=O) groups is 1. The van der Waals surface area contributed by atoms with Crippen LogP contribution in [0.4, 0.5) is 22.9 Å². The van der Waals surface area contributed by atoms with Crippen LogP contribution in [0.5, 0.6) is 0 Å². The molecule has 2 atom stereocenters. The average Bonchev–Trinajstić information content (AvgIpc) is 2.73. The molecule has 1 aliphatic rings. The highest BCUT2D eigenvalue weighted by Crippen LogP contribution is 2.26. The van der Waals surface area contributed by atoms with Gasteiger partial charge in [0.15, 0.2) is 0 Å². The standard InChI is InChI=1S/C21H27N5O5/c1-14-12-25(13-15(2)31-14)20-7-5-17(11-23-20)24-21(27)16-4-6-18(22-8-9-30-3)19(10-16)26(28)29/h4-7,10-11,14-15,22H,8-9,12-13H2,1-3H3,(H,24,27). The first kappa shape index (κ1) is 22.4. The lowest BCUT2D eigenvalue weighted by Gasteiger charge is -2.36. The van der Waals surface area contributed by atoms with E-state index in [1.54, 1.807) is 19.4 Å². The van der Waals surface area contributed by atoms with Gasteiger partial charge in [-0.05, 0) is 38.1 Å². The Morgan fingerprint density at radius 2 is 2.03 bits per heavy atom. The van der Waals surface area contributed by atoms with Crippen LogP contribution in [0, 0.1) is 10.1 Å². The van der Waals surface area contributed by atoms with Crippen molar-refractivity contribution in [1.82, 2.24) is 4.98 Å². The number of nitrogens with zero attached hydrogens (tertiary/aromatic N) is 3. The highest BCUT2D eigenvalue weighted by molar-refractivity contribution is 6.05. The van der Waals surface area contributed by atoms with E-state index in [1.165, 1.54) is 18.2 Å². The zero-order valence-corrected chi connectivity index (χ0v) is 17.8. The second kappa shape index (κ2) is 10.2. The molecule has 0 radical (unpaired) electrons. The van der Waals surface area contributed by atoms with Gasteiger partial charge in [-0.2, -0.15) is 0 Å². The number of pyridine rings is 1. The van der Waals surface area contributed by atoms with E-state index in [-0.39, 0.29) is 23.5 Å².